The van der Waals surface area contributed by atoms with Crippen molar-refractivity contribution in [3.05, 3.63) is 78.0 Å². The van der Waals surface area contributed by atoms with Gasteiger partial charge in [-0.3, -0.25) is 14.3 Å². The summed E-state index contributed by atoms with van der Waals surface area (Å²) in [7, 11) is 1.58. The molecule has 3 aromatic rings. The molecule has 0 fully saturated rings. The Morgan fingerprint density at radius 2 is 1.84 bits per heavy atom. The number of nitrogens with one attached hydrogen (secondary N) is 2. The summed E-state index contributed by atoms with van der Waals surface area (Å²) >= 11 is 1.32. The van der Waals surface area contributed by atoms with E-state index >= 15 is 0 Å². The lowest BCUT2D eigenvalue weighted by Crippen LogP contribution is -2.28. The van der Waals surface area contributed by atoms with E-state index in [-0.39, 0.29) is 23.6 Å². The van der Waals surface area contributed by atoms with Crippen LogP contribution in [0.1, 0.15) is 28.9 Å². The topological polar surface area (TPSA) is 85.2 Å². The van der Waals surface area contributed by atoms with Gasteiger partial charge in [0.2, 0.25) is 5.91 Å². The fourth-order valence-corrected chi connectivity index (χ4v) is 3.83. The maximum Gasteiger partial charge on any atom is 0.257 e. The quantitative estimate of drug-likeness (QED) is 0.373. The first-order valence-corrected chi connectivity index (χ1v) is 11.0. The second-order valence-electron chi connectivity index (χ2n) is 6.85. The molecule has 162 valence electrons. The Bertz CT molecular complexity index is 1010. The number of carbonyl (C=O) groups excluding carboxylic acids is 2. The smallest absolute Gasteiger partial charge is 0.257 e. The van der Waals surface area contributed by atoms with E-state index in [0.29, 0.717) is 24.5 Å². The van der Waals surface area contributed by atoms with Crippen molar-refractivity contribution in [2.75, 3.05) is 31.3 Å². The molecule has 7 nitrogen and oxygen atoms in total. The number of methoxy groups -OCH3 is 1. The molecule has 31 heavy (non-hydrogen) atoms. The third-order valence-electron chi connectivity index (χ3n) is 4.65. The number of rotatable bonds is 10. The number of hydrogen-bond acceptors (Lipinski definition) is 5. The molecular weight excluding hydrogens is 412 g/mol. The van der Waals surface area contributed by atoms with Gasteiger partial charge in [-0.1, -0.05) is 42.5 Å². The van der Waals surface area contributed by atoms with Gasteiger partial charge in [-0.2, -0.15) is 5.10 Å². The highest BCUT2D eigenvalue weighted by Gasteiger charge is 2.15. The summed E-state index contributed by atoms with van der Waals surface area (Å²) in [6.45, 7) is 2.98. The summed E-state index contributed by atoms with van der Waals surface area (Å²) in [5.74, 6) is 0.327. The van der Waals surface area contributed by atoms with Crippen molar-refractivity contribution >= 4 is 29.4 Å². The van der Waals surface area contributed by atoms with Gasteiger partial charge in [-0.25, -0.2) is 0 Å². The van der Waals surface area contributed by atoms with E-state index in [4.69, 9.17) is 4.74 Å². The highest BCUT2D eigenvalue weighted by Crippen LogP contribution is 2.24. The Morgan fingerprint density at radius 1 is 1.10 bits per heavy atom. The average molecular weight is 439 g/mol. The summed E-state index contributed by atoms with van der Waals surface area (Å²) in [5, 5.41) is 10.1. The molecule has 0 radical (unpaired) electrons. The van der Waals surface area contributed by atoms with Crippen molar-refractivity contribution in [3.63, 3.8) is 0 Å². The van der Waals surface area contributed by atoms with Crippen molar-refractivity contribution in [3.8, 4) is 0 Å². The molecule has 8 heteroatoms. The summed E-state index contributed by atoms with van der Waals surface area (Å²) in [4.78, 5) is 25.5. The molecule has 0 saturated heterocycles. The Hall–Kier alpha value is -3.10. The number of carbonyl (C=O) groups is 2. The molecule has 1 atom stereocenters. The minimum Gasteiger partial charge on any atom is -0.383 e. The van der Waals surface area contributed by atoms with Crippen LogP contribution in [-0.2, 0) is 9.53 Å². The summed E-state index contributed by atoms with van der Waals surface area (Å²) in [6, 6.07) is 19.1. The second-order valence-corrected chi connectivity index (χ2v) is 7.87. The standard InChI is InChI=1S/C23H26N4O3S/c1-17(18-8-4-3-5-9-18)27-14-12-21(26-27)25-23(29)19-10-6-7-11-20(19)31-16-22(28)24-13-15-30-2/h3-12,14,17H,13,15-16H2,1-2H3,(H,24,28)(H,25,26,29). The van der Waals surface area contributed by atoms with Crippen molar-refractivity contribution in [1.29, 1.82) is 0 Å². The van der Waals surface area contributed by atoms with Crippen molar-refractivity contribution < 1.29 is 14.3 Å². The van der Waals surface area contributed by atoms with Gasteiger partial charge in [0.15, 0.2) is 5.82 Å². The van der Waals surface area contributed by atoms with Crippen LogP contribution in [0.4, 0.5) is 5.82 Å². The van der Waals surface area contributed by atoms with E-state index in [1.54, 1.807) is 25.3 Å². The third-order valence-corrected chi connectivity index (χ3v) is 5.72. The molecule has 2 N–H and O–H groups in total. The molecule has 0 aliphatic carbocycles. The minimum atomic E-state index is -0.263. The number of nitrogens with zero attached hydrogens (tertiary/aromatic N) is 2. The number of amides is 2. The van der Waals surface area contributed by atoms with Crippen LogP contribution in [0.15, 0.2) is 71.8 Å². The molecule has 2 aromatic carbocycles. The molecular formula is C23H26N4O3S. The largest absolute Gasteiger partial charge is 0.383 e. The number of aromatic nitrogens is 2. The van der Waals surface area contributed by atoms with Gasteiger partial charge in [0, 0.05) is 30.8 Å². The lowest BCUT2D eigenvalue weighted by molar-refractivity contribution is -0.118. The predicted molar refractivity (Wildman–Crippen MR) is 122 cm³/mol. The molecule has 3 rings (SSSR count). The maximum atomic E-state index is 12.8. The van der Waals surface area contributed by atoms with Gasteiger partial charge in [-0.15, -0.1) is 11.8 Å². The maximum absolute atomic E-state index is 12.8. The van der Waals surface area contributed by atoms with Crippen LogP contribution < -0.4 is 10.6 Å². The highest BCUT2D eigenvalue weighted by atomic mass is 32.2. The fraction of sp³-hybridized carbons (Fsp3) is 0.261. The van der Waals surface area contributed by atoms with Crippen LogP contribution in [0.5, 0.6) is 0 Å². The van der Waals surface area contributed by atoms with Gasteiger partial charge in [0.25, 0.3) is 5.91 Å². The number of thioether (sulfide) groups is 1. The van der Waals surface area contributed by atoms with E-state index in [2.05, 4.69) is 22.7 Å². The van der Waals surface area contributed by atoms with Gasteiger partial charge in [-0.05, 0) is 24.6 Å². The zero-order valence-electron chi connectivity index (χ0n) is 17.6. The Morgan fingerprint density at radius 3 is 2.61 bits per heavy atom. The van der Waals surface area contributed by atoms with Crippen molar-refractivity contribution in [1.82, 2.24) is 15.1 Å². The molecule has 0 bridgehead atoms. The Balaban J connectivity index is 1.62. The van der Waals surface area contributed by atoms with Gasteiger partial charge < -0.3 is 15.4 Å². The SMILES string of the molecule is COCCNC(=O)CSc1ccccc1C(=O)Nc1ccn(C(C)c2ccccc2)n1. The second kappa shape index (κ2) is 11.3. The van der Waals surface area contributed by atoms with E-state index in [0.717, 1.165) is 10.5 Å². The van der Waals surface area contributed by atoms with Crippen LogP contribution in [0.25, 0.3) is 0 Å². The summed E-state index contributed by atoms with van der Waals surface area (Å²) in [6.07, 6.45) is 1.85. The van der Waals surface area contributed by atoms with Crippen molar-refractivity contribution in [2.24, 2.45) is 0 Å². The van der Waals surface area contributed by atoms with E-state index < -0.39 is 0 Å². The lowest BCUT2D eigenvalue weighted by Gasteiger charge is -2.12. The zero-order chi connectivity index (χ0) is 22.1. The molecule has 0 spiro atoms. The van der Waals surface area contributed by atoms with Crippen LogP contribution in [0.2, 0.25) is 0 Å². The molecule has 1 heterocycles. The Kier molecular flexibility index (Phi) is 8.26. The molecule has 1 unspecified atom stereocenters. The zero-order valence-corrected chi connectivity index (χ0v) is 18.4. The first kappa shape index (κ1) is 22.6. The van der Waals surface area contributed by atoms with Gasteiger partial charge in [0.1, 0.15) is 0 Å². The normalized spacial score (nSPS) is 11.7. The number of hydrogen-bond donors (Lipinski definition) is 2. The first-order chi connectivity index (χ1) is 15.1. The summed E-state index contributed by atoms with van der Waals surface area (Å²) < 4.78 is 6.74. The van der Waals surface area contributed by atoms with E-state index in [1.807, 2.05) is 53.3 Å². The van der Waals surface area contributed by atoms with Crippen LogP contribution in [-0.4, -0.2) is 47.6 Å². The number of ether oxygens (including phenoxy) is 1. The van der Waals surface area contributed by atoms with Crippen LogP contribution >= 0.6 is 11.8 Å². The number of benzene rings is 2. The monoisotopic (exact) mass is 438 g/mol. The average Bonchev–Trinajstić information content (AvgIpc) is 3.26. The molecule has 1 aromatic heterocycles. The molecule has 0 aliphatic heterocycles. The molecule has 0 saturated carbocycles. The van der Waals surface area contributed by atoms with Gasteiger partial charge >= 0.3 is 0 Å². The molecule has 2 amide bonds. The molecule has 0 aliphatic rings. The van der Waals surface area contributed by atoms with Gasteiger partial charge in [0.05, 0.1) is 24.0 Å². The number of anilines is 1. The third kappa shape index (κ3) is 6.44. The van der Waals surface area contributed by atoms with Crippen LogP contribution in [0, 0.1) is 0 Å². The van der Waals surface area contributed by atoms with Crippen LogP contribution in [0.3, 0.4) is 0 Å². The minimum absolute atomic E-state index is 0.0475. The highest BCUT2D eigenvalue weighted by molar-refractivity contribution is 8.00. The summed E-state index contributed by atoms with van der Waals surface area (Å²) in [5.41, 5.74) is 1.64. The fourth-order valence-electron chi connectivity index (χ4n) is 2.96. The Labute approximate surface area is 186 Å². The predicted octanol–water partition coefficient (Wildman–Crippen LogP) is 3.60. The van der Waals surface area contributed by atoms with E-state index in [1.165, 1.54) is 11.8 Å². The first-order valence-electron chi connectivity index (χ1n) is 9.97. The van der Waals surface area contributed by atoms with Crippen molar-refractivity contribution in [2.45, 2.75) is 17.9 Å². The lowest BCUT2D eigenvalue weighted by atomic mass is 10.1. The van der Waals surface area contributed by atoms with E-state index in [9.17, 15) is 9.59 Å².